The summed E-state index contributed by atoms with van der Waals surface area (Å²) in [6.07, 6.45) is 1.41. The minimum Gasteiger partial charge on any atom is -0.461 e. The van der Waals surface area contributed by atoms with E-state index in [1.54, 1.807) is 5.92 Å². The van der Waals surface area contributed by atoms with Gasteiger partial charge in [-0.05, 0) is 0 Å². The first-order valence-corrected chi connectivity index (χ1v) is 0.947. The Hall–Kier alpha value is -1.15. The van der Waals surface area contributed by atoms with E-state index in [-0.39, 0.29) is 0 Å². The molecule has 0 saturated heterocycles. The topological polar surface area (TPSA) is 44.0 Å². The molecular weight excluding hydrogens is 66.0 g/mol. The van der Waals surface area contributed by atoms with Gasteiger partial charge in [0.25, 0.3) is 0 Å². The van der Waals surface area contributed by atoms with Crippen molar-refractivity contribution in [2.24, 2.45) is 0 Å². The molecule has 0 saturated carbocycles. The Morgan fingerprint density at radius 3 is 2.20 bits per heavy atom. The van der Waals surface area contributed by atoms with E-state index in [1.807, 2.05) is 0 Å². The van der Waals surface area contributed by atoms with Crippen LogP contribution in [0.4, 0.5) is 0 Å². The lowest BCUT2D eigenvalue weighted by molar-refractivity contribution is 0.517. The summed E-state index contributed by atoms with van der Waals surface area (Å²) in [7, 11) is 0. The molecule has 0 unspecified atom stereocenters. The van der Waals surface area contributed by atoms with Gasteiger partial charge in [0.2, 0.25) is 0 Å². The van der Waals surface area contributed by atoms with Crippen molar-refractivity contribution in [1.29, 1.82) is 5.26 Å². The highest BCUT2D eigenvalue weighted by molar-refractivity contribution is 5.11. The van der Waals surface area contributed by atoms with Crippen LogP contribution in [0, 0.1) is 23.4 Å². The van der Waals surface area contributed by atoms with E-state index in [2.05, 4.69) is 0 Å². The third-order valence-electron chi connectivity index (χ3n) is 0.112. The molecule has 0 radical (unpaired) electrons. The smallest absolute Gasteiger partial charge is 0.155 e. The molecule has 0 amide bonds. The monoisotopic (exact) mass is 67.0 g/mol. The molecular formula is C3HNO. The highest BCUT2D eigenvalue weighted by Gasteiger charge is 1.43. The quantitative estimate of drug-likeness (QED) is 0.400. The van der Waals surface area contributed by atoms with Crippen LogP contribution in [-0.4, -0.2) is 5.11 Å². The maximum Gasteiger partial charge on any atom is 0.155 e. The molecule has 1 N–H and O–H groups in total. The van der Waals surface area contributed by atoms with Gasteiger partial charge in [0.15, 0.2) is 6.07 Å². The highest BCUT2D eigenvalue weighted by Crippen LogP contribution is 1.36. The van der Waals surface area contributed by atoms with Crippen molar-refractivity contribution < 1.29 is 5.11 Å². The van der Waals surface area contributed by atoms with E-state index >= 15 is 0 Å². The molecule has 0 aromatic heterocycles. The number of aliphatic hydroxyl groups excluding tert-OH is 1. The fourth-order valence-electron chi connectivity index (χ4n) is 0.0250. The Morgan fingerprint density at radius 2 is 2.20 bits per heavy atom. The predicted octanol–water partition coefficient (Wildman–Crippen LogP) is -0.157. The minimum atomic E-state index is 1.41. The summed E-state index contributed by atoms with van der Waals surface area (Å²) in [6.45, 7) is 0. The molecule has 0 aliphatic carbocycles. The van der Waals surface area contributed by atoms with E-state index in [4.69, 9.17) is 10.4 Å². The van der Waals surface area contributed by atoms with Gasteiger partial charge in [-0.15, -0.1) is 0 Å². The molecule has 0 atom stereocenters. The molecule has 0 rings (SSSR count). The Bertz CT molecular complexity index is 100. The Morgan fingerprint density at radius 1 is 1.60 bits per heavy atom. The van der Waals surface area contributed by atoms with Crippen molar-refractivity contribution in [3.8, 4) is 18.1 Å². The van der Waals surface area contributed by atoms with Crippen molar-refractivity contribution in [2.45, 2.75) is 0 Å². The first-order chi connectivity index (χ1) is 2.41. The summed E-state index contributed by atoms with van der Waals surface area (Å²) in [4.78, 5) is 0. The third kappa shape index (κ3) is 2.85. The summed E-state index contributed by atoms with van der Waals surface area (Å²) in [5, 5.41) is 15.0. The van der Waals surface area contributed by atoms with E-state index in [0.29, 0.717) is 0 Å². The lowest BCUT2D eigenvalue weighted by atomic mass is 10.8. The molecule has 0 aliphatic rings. The van der Waals surface area contributed by atoms with E-state index in [0.717, 1.165) is 0 Å². The average Bonchev–Trinajstić information content (AvgIpc) is 1.41. The normalized spacial score (nSPS) is 3.00. The zero-order chi connectivity index (χ0) is 4.12. The van der Waals surface area contributed by atoms with Crippen LogP contribution in [0.15, 0.2) is 0 Å². The summed E-state index contributed by atoms with van der Waals surface area (Å²) in [5.41, 5.74) is 0. The molecule has 0 spiro atoms. The second kappa shape index (κ2) is 2.85. The highest BCUT2D eigenvalue weighted by atomic mass is 16.2. The lowest BCUT2D eigenvalue weighted by Gasteiger charge is -1.41. The van der Waals surface area contributed by atoms with Gasteiger partial charge in [-0.2, -0.15) is 5.26 Å². The van der Waals surface area contributed by atoms with Gasteiger partial charge >= 0.3 is 0 Å². The van der Waals surface area contributed by atoms with E-state index in [1.165, 1.54) is 12.2 Å². The Kier molecular flexibility index (Phi) is 2.19. The van der Waals surface area contributed by atoms with Crippen molar-refractivity contribution in [1.82, 2.24) is 0 Å². The zero-order valence-electron chi connectivity index (χ0n) is 2.39. The van der Waals surface area contributed by atoms with Gasteiger partial charge in [0.05, 0.1) is 5.92 Å². The van der Waals surface area contributed by atoms with Gasteiger partial charge in [0, 0.05) is 0 Å². The first kappa shape index (κ1) is 3.85. The molecule has 0 aliphatic heterocycles. The van der Waals surface area contributed by atoms with Crippen molar-refractivity contribution in [2.75, 3.05) is 0 Å². The van der Waals surface area contributed by atoms with E-state index in [9.17, 15) is 0 Å². The van der Waals surface area contributed by atoms with Gasteiger partial charge in [-0.3, -0.25) is 0 Å². The number of nitriles is 1. The van der Waals surface area contributed by atoms with Crippen LogP contribution in [0.2, 0.25) is 0 Å². The first-order valence-electron chi connectivity index (χ1n) is 0.947. The van der Waals surface area contributed by atoms with Crippen LogP contribution in [0.25, 0.3) is 0 Å². The number of hydrogen-bond acceptors (Lipinski definition) is 2. The predicted molar refractivity (Wildman–Crippen MR) is 15.3 cm³/mol. The molecule has 0 fully saturated rings. The van der Waals surface area contributed by atoms with Gasteiger partial charge < -0.3 is 5.11 Å². The average molecular weight is 67.0 g/mol. The van der Waals surface area contributed by atoms with Gasteiger partial charge in [-0.1, -0.05) is 0 Å². The van der Waals surface area contributed by atoms with Crippen LogP contribution in [-0.2, 0) is 0 Å². The summed E-state index contributed by atoms with van der Waals surface area (Å²) < 4.78 is 0. The largest absolute Gasteiger partial charge is 0.461 e. The fraction of sp³-hybridized carbons (Fsp3) is 0. The molecule has 5 heavy (non-hydrogen) atoms. The van der Waals surface area contributed by atoms with Crippen LogP contribution >= 0.6 is 0 Å². The molecule has 2 heteroatoms. The van der Waals surface area contributed by atoms with Crippen LogP contribution < -0.4 is 0 Å². The molecule has 0 aromatic rings. The summed E-state index contributed by atoms with van der Waals surface area (Å²) >= 11 is 0. The molecule has 0 heterocycles. The number of hydrogen-bond donors (Lipinski definition) is 1. The zero-order valence-corrected chi connectivity index (χ0v) is 2.39. The second-order valence-electron chi connectivity index (χ2n) is 0.349. The molecule has 24 valence electrons. The third-order valence-corrected chi connectivity index (χ3v) is 0.112. The van der Waals surface area contributed by atoms with Gasteiger partial charge in [-0.25, -0.2) is 0 Å². The number of aliphatic hydroxyl groups is 1. The molecule has 2 nitrogen and oxygen atoms in total. The summed E-state index contributed by atoms with van der Waals surface area (Å²) in [6, 6.07) is 1.41. The minimum absolute atomic E-state index is 1.41. The second-order valence-corrected chi connectivity index (χ2v) is 0.349. The Balaban J connectivity index is 3.30. The van der Waals surface area contributed by atoms with Crippen molar-refractivity contribution in [3.05, 3.63) is 0 Å². The number of nitrogens with zero attached hydrogens (tertiary/aromatic N) is 1. The standard InChI is InChI=1S/C3HNO/c4-2-1-3-5/h5H. The van der Waals surface area contributed by atoms with Crippen molar-refractivity contribution in [3.63, 3.8) is 0 Å². The van der Waals surface area contributed by atoms with E-state index < -0.39 is 0 Å². The SMILES string of the molecule is N#CC#CO. The van der Waals surface area contributed by atoms with Crippen LogP contribution in [0.3, 0.4) is 0 Å². The maximum atomic E-state index is 7.48. The molecule has 0 bridgehead atoms. The fourth-order valence-corrected chi connectivity index (χ4v) is 0.0250. The van der Waals surface area contributed by atoms with Crippen molar-refractivity contribution >= 4 is 0 Å². The molecule has 0 aromatic carbocycles. The number of rotatable bonds is 0. The summed E-state index contributed by atoms with van der Waals surface area (Å²) in [5.74, 6) is 1.72. The maximum absolute atomic E-state index is 7.48. The van der Waals surface area contributed by atoms with Crippen LogP contribution in [0.5, 0.6) is 0 Å². The lowest BCUT2D eigenvalue weighted by Crippen LogP contribution is -1.43. The van der Waals surface area contributed by atoms with Gasteiger partial charge in [0.1, 0.15) is 6.11 Å². The Labute approximate surface area is 29.7 Å². The van der Waals surface area contributed by atoms with Crippen LogP contribution in [0.1, 0.15) is 0 Å².